The molecule has 2 aliphatic heterocycles. The van der Waals surface area contributed by atoms with Crippen LogP contribution in [0, 0.1) is 0 Å². The molecule has 97 heavy (non-hydrogen) atoms. The van der Waals surface area contributed by atoms with Crippen molar-refractivity contribution >= 4 is 135 Å². The smallest absolute Gasteiger partial charge is 0.357 e. The van der Waals surface area contributed by atoms with Gasteiger partial charge in [0.2, 0.25) is 0 Å². The first kappa shape index (κ1) is 67.6. The Hall–Kier alpha value is -9.38. The van der Waals surface area contributed by atoms with Gasteiger partial charge in [0.15, 0.2) is 46.5 Å². The van der Waals surface area contributed by atoms with Crippen molar-refractivity contribution in [1.29, 1.82) is 0 Å². The van der Waals surface area contributed by atoms with Crippen molar-refractivity contribution in [2.45, 2.75) is 111 Å². The van der Waals surface area contributed by atoms with Gasteiger partial charge in [0.05, 0.1) is 67.4 Å². The molecule has 0 unspecified atom stereocenters. The van der Waals surface area contributed by atoms with Crippen molar-refractivity contribution < 1.29 is 19.5 Å². The van der Waals surface area contributed by atoms with Crippen LogP contribution in [0.25, 0.3) is 134 Å². The minimum absolute atomic E-state index is 0. The van der Waals surface area contributed by atoms with Crippen LogP contribution in [0.2, 0.25) is 0 Å². The quantitative estimate of drug-likeness (QED) is 0.0511. The monoisotopic (exact) mass is 1350 g/mol. The molecule has 8 bridgehead atoms. The van der Waals surface area contributed by atoms with E-state index in [1.807, 2.05) is 48.5 Å². The van der Waals surface area contributed by atoms with E-state index >= 15 is 0 Å². The largest absolute Gasteiger partial charge is 2.00 e. The Morgan fingerprint density at radius 3 is 0.495 bits per heavy atom. The van der Waals surface area contributed by atoms with E-state index in [1.54, 1.807) is 0 Å². The number of fused-ring (bicyclic) bond motifs is 24. The third-order valence-electron chi connectivity index (χ3n) is 19.2. The molecule has 0 aliphatic carbocycles. The van der Waals surface area contributed by atoms with Gasteiger partial charge in [-0.15, -0.1) is 0 Å². The van der Waals surface area contributed by atoms with E-state index in [-0.39, 0.29) is 19.5 Å². The van der Waals surface area contributed by atoms with Gasteiger partial charge < -0.3 is 69.1 Å². The Morgan fingerprint density at radius 2 is 0.351 bits per heavy atom. The molecule has 9 heterocycles. The molecule has 0 fully saturated rings. The summed E-state index contributed by atoms with van der Waals surface area (Å²) in [5.41, 5.74) is 9.93. The Bertz CT molecular complexity index is 4350. The fraction of sp³-hybridized carbons (Fsp3) is 0.444. The zero-order valence-electron chi connectivity index (χ0n) is 59.4. The third-order valence-corrected chi connectivity index (χ3v) is 19.2. The topological polar surface area (TPSA) is 235 Å². The van der Waals surface area contributed by atoms with Crippen molar-refractivity contribution in [1.82, 2.24) is 79.7 Å². The minimum atomic E-state index is 0. The summed E-state index contributed by atoms with van der Waals surface area (Å²) in [6, 6.07) is 16.4. The molecule has 11 aromatic rings. The van der Waals surface area contributed by atoms with E-state index in [2.05, 4.69) is 150 Å². The van der Waals surface area contributed by atoms with Gasteiger partial charge in [-0.3, -0.25) is 0 Å². The molecule has 7 aromatic heterocycles. The van der Waals surface area contributed by atoms with Gasteiger partial charge in [-0.05, 0) is 181 Å². The maximum absolute atomic E-state index is 5.54. The fourth-order valence-corrected chi connectivity index (χ4v) is 13.7. The summed E-state index contributed by atoms with van der Waals surface area (Å²) in [6.45, 7) is 46.5. The van der Waals surface area contributed by atoms with E-state index in [4.69, 9.17) is 79.7 Å². The Kier molecular flexibility index (Phi) is 19.5. The SMILES string of the molecule is CCN(CC)c1nc2cc3c(cc2nc1N(CC)CC)-c1nc-3nc2[n-]c(nc3nc(nc4[n-]c(n1)c1cc5nc(N(CC)CC)c(N(CC)CC)nc5cc41)-c1cc4nc(N(CC)CC)c(N(CC)CC)nc4cc1-3)c1cc3nc(N(CC)CC)c(N(CC)CC)nc3cc21.[Zn+2]. The molecule has 0 amide bonds. The van der Waals surface area contributed by atoms with Crippen LogP contribution in [0.4, 0.5) is 46.5 Å². The van der Waals surface area contributed by atoms with Crippen LogP contribution < -0.4 is 49.2 Å². The van der Waals surface area contributed by atoms with Gasteiger partial charge in [-0.1, -0.05) is 0 Å². The minimum Gasteiger partial charge on any atom is -0.357 e. The second-order valence-electron chi connectivity index (χ2n) is 23.9. The van der Waals surface area contributed by atoms with E-state index in [0.717, 1.165) is 151 Å². The number of nitrogens with zero attached hydrogens (tertiary/aromatic N) is 24. The maximum Gasteiger partial charge on any atom is 2.00 e. The van der Waals surface area contributed by atoms with Gasteiger partial charge in [0.25, 0.3) is 0 Å². The van der Waals surface area contributed by atoms with Crippen molar-refractivity contribution in [3.8, 4) is 45.6 Å². The maximum atomic E-state index is 5.54. The molecule has 0 saturated heterocycles. The molecule has 0 atom stereocenters. The van der Waals surface area contributed by atoms with Crippen LogP contribution in [-0.2, 0) is 19.5 Å². The van der Waals surface area contributed by atoms with E-state index in [1.165, 1.54) is 0 Å². The molecule has 13 rings (SSSR count). The molecule has 0 spiro atoms. The molecular weight excluding hydrogens is 1270 g/mol. The second kappa shape index (κ2) is 28.0. The van der Waals surface area contributed by atoms with E-state index in [9.17, 15) is 0 Å². The number of anilines is 8. The normalized spacial score (nSPS) is 11.9. The van der Waals surface area contributed by atoms with Crippen LogP contribution in [0.1, 0.15) is 111 Å². The number of hydrogen-bond donors (Lipinski definition) is 0. The van der Waals surface area contributed by atoms with E-state index in [0.29, 0.717) is 134 Å². The molecule has 0 N–H and O–H groups in total. The molecular formula is C72H88N24Zn. The summed E-state index contributed by atoms with van der Waals surface area (Å²) in [5.74, 6) is 8.08. The third kappa shape index (κ3) is 11.7. The summed E-state index contributed by atoms with van der Waals surface area (Å²) in [4.78, 5) is 106. The first-order valence-corrected chi connectivity index (χ1v) is 34.9. The summed E-state index contributed by atoms with van der Waals surface area (Å²) >= 11 is 0. The zero-order valence-corrected chi connectivity index (χ0v) is 62.3. The van der Waals surface area contributed by atoms with Crippen molar-refractivity contribution in [3.63, 3.8) is 0 Å². The molecule has 24 nitrogen and oxygen atoms in total. The van der Waals surface area contributed by atoms with Gasteiger partial charge in [-0.2, -0.15) is 0 Å². The predicted octanol–water partition coefficient (Wildman–Crippen LogP) is 12.7. The number of benzene rings is 4. The Balaban J connectivity index is 0.00000897. The van der Waals surface area contributed by atoms with Crippen LogP contribution in [0.5, 0.6) is 0 Å². The summed E-state index contributed by atoms with van der Waals surface area (Å²) in [6.07, 6.45) is 0. The van der Waals surface area contributed by atoms with Gasteiger partial charge >= 0.3 is 19.5 Å². The molecule has 0 saturated carbocycles. The first-order valence-electron chi connectivity index (χ1n) is 34.9. The average Bonchev–Trinajstić information content (AvgIpc) is 1.68. The van der Waals surface area contributed by atoms with Crippen molar-refractivity contribution in [2.75, 3.05) is 144 Å². The van der Waals surface area contributed by atoms with Crippen LogP contribution in [0.3, 0.4) is 0 Å². The first-order chi connectivity index (χ1) is 46.8. The van der Waals surface area contributed by atoms with Gasteiger partial charge in [-0.25, -0.2) is 49.8 Å². The van der Waals surface area contributed by atoms with Crippen LogP contribution in [-0.4, -0.2) is 174 Å². The van der Waals surface area contributed by atoms with Gasteiger partial charge in [0, 0.05) is 150 Å². The zero-order chi connectivity index (χ0) is 67.4. The van der Waals surface area contributed by atoms with Gasteiger partial charge in [0.1, 0.15) is 0 Å². The van der Waals surface area contributed by atoms with Crippen molar-refractivity contribution in [2.24, 2.45) is 0 Å². The standard InChI is InChI=1S/C72H88N24.Zn/c1-17-89(18-2)65-66(90(19-3)20-4)74-50-34-42-41(33-49(50)73-65)57-81-58(42)86-60-45-37-53-54(78-70(94(27-11)28-12)69(77-53)93(25-9)26-10)38-46(45)62(83-60)88-64-48-40-56-55(79-71(95(29-13)30-14)72(80-56)96(31-15)32-16)39-47(48)63(84-64)87-61-44-36-52-51(35-43(44)59(82-61)85-57)75-67(91(21-5)22-6)68(76-52)92(23-7)24-8;/h33-40H,17-32H2,1-16H3;/q-2;+2. The van der Waals surface area contributed by atoms with Crippen LogP contribution in [0.15, 0.2) is 48.5 Å². The Morgan fingerprint density at radius 1 is 0.206 bits per heavy atom. The number of rotatable bonds is 24. The summed E-state index contributed by atoms with van der Waals surface area (Å²) < 4.78 is 0. The van der Waals surface area contributed by atoms with Crippen molar-refractivity contribution in [3.05, 3.63) is 48.5 Å². The molecule has 2 aliphatic rings. The number of hydrogen-bond acceptors (Lipinski definition) is 22. The second-order valence-corrected chi connectivity index (χ2v) is 23.9. The molecule has 4 aromatic carbocycles. The summed E-state index contributed by atoms with van der Waals surface area (Å²) in [7, 11) is 0. The van der Waals surface area contributed by atoms with Crippen LogP contribution >= 0.6 is 0 Å². The van der Waals surface area contributed by atoms with E-state index < -0.39 is 0 Å². The predicted molar refractivity (Wildman–Crippen MR) is 395 cm³/mol. The average molecular weight is 1360 g/mol. The molecule has 25 heteroatoms. The molecule has 498 valence electrons. The summed E-state index contributed by atoms with van der Waals surface area (Å²) in [5, 5.41) is 2.84. The molecule has 0 radical (unpaired) electrons. The fourth-order valence-electron chi connectivity index (χ4n) is 13.7. The Labute approximate surface area is 579 Å². The number of aromatic nitrogens is 16.